The lowest BCUT2D eigenvalue weighted by Crippen LogP contribution is -2.26. The van der Waals surface area contributed by atoms with Crippen LogP contribution in [0.5, 0.6) is 0 Å². The number of fused-ring (bicyclic) bond motifs is 1. The molecule has 0 N–H and O–H groups in total. The molecule has 1 aliphatic carbocycles. The number of thioether (sulfide) groups is 1. The van der Waals surface area contributed by atoms with Crippen molar-refractivity contribution in [3.8, 4) is 10.6 Å². The van der Waals surface area contributed by atoms with Crippen molar-refractivity contribution in [1.29, 1.82) is 0 Å². The highest BCUT2D eigenvalue weighted by Gasteiger charge is 2.23. The number of para-hydroxylation sites is 1. The first-order valence-electron chi connectivity index (χ1n) is 9.40. The normalized spacial score (nSPS) is 14.9. The van der Waals surface area contributed by atoms with Gasteiger partial charge in [0.25, 0.3) is 5.56 Å². The molecule has 0 spiro atoms. The van der Waals surface area contributed by atoms with Gasteiger partial charge in [-0.15, -0.1) is 11.3 Å². The predicted octanol–water partition coefficient (Wildman–Crippen LogP) is 5.99. The molecule has 1 aliphatic rings. The van der Waals surface area contributed by atoms with Gasteiger partial charge in [0, 0.05) is 28.1 Å². The molecule has 28 heavy (non-hydrogen) atoms. The van der Waals surface area contributed by atoms with E-state index in [-0.39, 0.29) is 11.6 Å². The summed E-state index contributed by atoms with van der Waals surface area (Å²) in [5, 5.41) is 8.89. The summed E-state index contributed by atoms with van der Waals surface area (Å²) < 4.78 is 1.95. The minimum absolute atomic E-state index is 0.0947. The van der Waals surface area contributed by atoms with E-state index < -0.39 is 0 Å². The highest BCUT2D eigenvalue weighted by atomic mass is 32.2. The first kappa shape index (κ1) is 18.1. The zero-order valence-corrected chi connectivity index (χ0v) is 17.7. The Morgan fingerprint density at radius 3 is 2.79 bits per heavy atom. The van der Waals surface area contributed by atoms with Crippen molar-refractivity contribution < 1.29 is 0 Å². The number of aromatic nitrogens is 3. The maximum Gasteiger partial charge on any atom is 0.262 e. The molecule has 0 aliphatic heterocycles. The molecular formula is C21H19N3OS3. The van der Waals surface area contributed by atoms with E-state index in [0.717, 1.165) is 40.0 Å². The van der Waals surface area contributed by atoms with Gasteiger partial charge in [0.05, 0.1) is 16.6 Å². The first-order chi connectivity index (χ1) is 13.8. The van der Waals surface area contributed by atoms with Crippen molar-refractivity contribution in [3.05, 3.63) is 62.5 Å². The topological polar surface area (TPSA) is 47.8 Å². The molecule has 3 heterocycles. The molecule has 5 rings (SSSR count). The van der Waals surface area contributed by atoms with E-state index in [1.165, 1.54) is 18.4 Å². The number of hydrogen-bond acceptors (Lipinski definition) is 6. The second-order valence-corrected chi connectivity index (χ2v) is 9.55. The van der Waals surface area contributed by atoms with E-state index in [0.29, 0.717) is 5.39 Å². The maximum absolute atomic E-state index is 13.2. The summed E-state index contributed by atoms with van der Waals surface area (Å²) in [7, 11) is 0. The predicted molar refractivity (Wildman–Crippen MR) is 118 cm³/mol. The summed E-state index contributed by atoms with van der Waals surface area (Å²) in [6.07, 6.45) is 4.49. The number of nitrogens with zero attached hydrogens (tertiary/aromatic N) is 3. The van der Waals surface area contributed by atoms with Crippen LogP contribution in [0.1, 0.15) is 37.4 Å². The molecule has 0 radical (unpaired) electrons. The Labute approximate surface area is 175 Å². The van der Waals surface area contributed by atoms with E-state index >= 15 is 0 Å². The standard InChI is InChI=1S/C21H19N3OS3/c25-20-17-7-3-4-8-18(17)23-21(24(20)16-5-1-2-6-16)28-13-15-12-27-19(22-15)14-9-10-26-11-14/h3-4,7-12,16H,1-2,5-6,13H2. The summed E-state index contributed by atoms with van der Waals surface area (Å²) >= 11 is 4.98. The van der Waals surface area contributed by atoms with E-state index in [1.54, 1.807) is 34.4 Å². The summed E-state index contributed by atoms with van der Waals surface area (Å²) in [6, 6.07) is 10.0. The third-order valence-electron chi connectivity index (χ3n) is 5.13. The van der Waals surface area contributed by atoms with Crippen molar-refractivity contribution in [2.75, 3.05) is 0 Å². The second-order valence-electron chi connectivity index (χ2n) is 6.97. The van der Waals surface area contributed by atoms with E-state index in [9.17, 15) is 4.79 Å². The highest BCUT2D eigenvalue weighted by Crippen LogP contribution is 2.34. The van der Waals surface area contributed by atoms with Crippen LogP contribution in [0.15, 0.2) is 56.4 Å². The Morgan fingerprint density at radius 1 is 1.11 bits per heavy atom. The SMILES string of the molecule is O=c1c2ccccc2nc(SCc2csc(-c3ccsc3)n2)n1C1CCCC1. The lowest BCUT2D eigenvalue weighted by atomic mass is 10.2. The van der Waals surface area contributed by atoms with Gasteiger partial charge in [0.1, 0.15) is 5.01 Å². The summed E-state index contributed by atoms with van der Waals surface area (Å²) in [5.41, 5.74) is 3.09. The minimum Gasteiger partial charge on any atom is -0.284 e. The molecule has 7 heteroatoms. The van der Waals surface area contributed by atoms with Crippen molar-refractivity contribution in [1.82, 2.24) is 14.5 Å². The van der Waals surface area contributed by atoms with Gasteiger partial charge in [0.2, 0.25) is 0 Å². The lowest BCUT2D eigenvalue weighted by molar-refractivity contribution is 0.457. The molecule has 4 nitrogen and oxygen atoms in total. The van der Waals surface area contributed by atoms with Crippen LogP contribution in [-0.2, 0) is 5.75 Å². The quantitative estimate of drug-likeness (QED) is 0.291. The van der Waals surface area contributed by atoms with E-state index in [4.69, 9.17) is 9.97 Å². The second kappa shape index (κ2) is 7.81. The molecule has 4 aromatic rings. The molecule has 3 aromatic heterocycles. The van der Waals surface area contributed by atoms with Gasteiger partial charge in [-0.25, -0.2) is 9.97 Å². The van der Waals surface area contributed by atoms with Crippen LogP contribution in [0, 0.1) is 0 Å². The average Bonchev–Trinajstić information content (AvgIpc) is 3.48. The molecule has 0 saturated heterocycles. The average molecular weight is 426 g/mol. The molecule has 0 bridgehead atoms. The molecule has 1 saturated carbocycles. The molecule has 0 atom stereocenters. The Balaban J connectivity index is 1.48. The van der Waals surface area contributed by atoms with E-state index in [2.05, 4.69) is 22.2 Å². The minimum atomic E-state index is 0.0947. The van der Waals surface area contributed by atoms with Gasteiger partial charge >= 0.3 is 0 Å². The number of benzene rings is 1. The van der Waals surface area contributed by atoms with Crippen LogP contribution >= 0.6 is 34.4 Å². The Kier molecular flexibility index (Phi) is 5.05. The van der Waals surface area contributed by atoms with Crippen molar-refractivity contribution in [3.63, 3.8) is 0 Å². The molecule has 142 valence electrons. The summed E-state index contributed by atoms with van der Waals surface area (Å²) in [5.74, 6) is 0.720. The largest absolute Gasteiger partial charge is 0.284 e. The van der Waals surface area contributed by atoms with Crippen LogP contribution in [-0.4, -0.2) is 14.5 Å². The van der Waals surface area contributed by atoms with Crippen molar-refractivity contribution >= 4 is 45.3 Å². The van der Waals surface area contributed by atoms with Crippen LogP contribution < -0.4 is 5.56 Å². The van der Waals surface area contributed by atoms with Gasteiger partial charge in [-0.2, -0.15) is 11.3 Å². The number of thiophene rings is 1. The molecule has 1 fully saturated rings. The Bertz CT molecular complexity index is 1160. The molecule has 0 amide bonds. The van der Waals surface area contributed by atoms with Gasteiger partial charge in [-0.05, 0) is 36.4 Å². The zero-order valence-electron chi connectivity index (χ0n) is 15.2. The lowest BCUT2D eigenvalue weighted by Gasteiger charge is -2.18. The van der Waals surface area contributed by atoms with Gasteiger partial charge in [-0.3, -0.25) is 9.36 Å². The fourth-order valence-corrected chi connectivity index (χ4v) is 6.34. The third kappa shape index (κ3) is 3.43. The van der Waals surface area contributed by atoms with Crippen LogP contribution in [0.4, 0.5) is 0 Å². The monoisotopic (exact) mass is 425 g/mol. The van der Waals surface area contributed by atoms with Gasteiger partial charge < -0.3 is 0 Å². The Morgan fingerprint density at radius 2 is 1.96 bits per heavy atom. The zero-order chi connectivity index (χ0) is 18.9. The summed E-state index contributed by atoms with van der Waals surface area (Å²) in [4.78, 5) is 22.8. The maximum atomic E-state index is 13.2. The van der Waals surface area contributed by atoms with Crippen LogP contribution in [0.2, 0.25) is 0 Å². The molecule has 0 unspecified atom stereocenters. The van der Waals surface area contributed by atoms with Crippen LogP contribution in [0.3, 0.4) is 0 Å². The van der Waals surface area contributed by atoms with Gasteiger partial charge in [-0.1, -0.05) is 36.7 Å². The molecular weight excluding hydrogens is 406 g/mol. The third-order valence-corrected chi connectivity index (χ3v) is 7.74. The number of hydrogen-bond donors (Lipinski definition) is 0. The van der Waals surface area contributed by atoms with Crippen LogP contribution in [0.25, 0.3) is 21.5 Å². The first-order valence-corrected chi connectivity index (χ1v) is 12.2. The highest BCUT2D eigenvalue weighted by molar-refractivity contribution is 7.98. The molecule has 1 aromatic carbocycles. The van der Waals surface area contributed by atoms with E-state index in [1.807, 2.05) is 28.8 Å². The Hall–Kier alpha value is -1.96. The fourth-order valence-electron chi connectivity index (χ4n) is 3.74. The van der Waals surface area contributed by atoms with Crippen molar-refractivity contribution in [2.24, 2.45) is 0 Å². The van der Waals surface area contributed by atoms with Gasteiger partial charge in [0.15, 0.2) is 5.16 Å². The smallest absolute Gasteiger partial charge is 0.262 e. The summed E-state index contributed by atoms with van der Waals surface area (Å²) in [6.45, 7) is 0. The number of thiazole rings is 1. The van der Waals surface area contributed by atoms with Crippen molar-refractivity contribution in [2.45, 2.75) is 42.6 Å². The fraction of sp³-hybridized carbons (Fsp3) is 0.286. The number of rotatable bonds is 5.